The minimum absolute atomic E-state index is 0.812. The zero-order chi connectivity index (χ0) is 38.2. The SMILES string of the molecule is c1ccc(-c2cc3c4ccccc4nc(-c4ccc(-c5ccc(-c6nc7ccccc7c7cc8c9ccccc9n(-c9ccccc9)c8cc67)cc5)cc4)n3n2)cc1. The van der Waals surface area contributed by atoms with Gasteiger partial charge in [-0.3, -0.25) is 0 Å². The summed E-state index contributed by atoms with van der Waals surface area (Å²) in [5.41, 5.74) is 13.8. The molecule has 0 atom stereocenters. The zero-order valence-electron chi connectivity index (χ0n) is 31.3. The van der Waals surface area contributed by atoms with Crippen LogP contribution in [0.1, 0.15) is 0 Å². The van der Waals surface area contributed by atoms with Crippen molar-refractivity contribution in [3.05, 3.63) is 200 Å². The number of fused-ring (bicyclic) bond motifs is 9. The van der Waals surface area contributed by atoms with Gasteiger partial charge >= 0.3 is 0 Å². The predicted molar refractivity (Wildman–Crippen MR) is 239 cm³/mol. The van der Waals surface area contributed by atoms with Crippen LogP contribution in [0.25, 0.3) is 111 Å². The Hall–Kier alpha value is -7.89. The second-order valence-electron chi connectivity index (χ2n) is 14.9. The van der Waals surface area contributed by atoms with Crippen LogP contribution in [0.2, 0.25) is 0 Å². The van der Waals surface area contributed by atoms with Crippen LogP contribution in [0, 0.1) is 0 Å². The summed E-state index contributed by atoms with van der Waals surface area (Å²) in [5.74, 6) is 0.812. The lowest BCUT2D eigenvalue weighted by atomic mass is 9.96. The Labute approximate surface area is 333 Å². The standard InChI is InChI=1S/C53H33N5/c1-3-13-36(14-4-1)48-33-51-42-19-8-11-21-47(42)55-53(58(51)56-48)38-29-25-35(26-30-38)34-23-27-37(28-24-34)52-45-32-50-44(31-43(45)40-17-7-10-20-46(40)54-52)41-18-9-12-22-49(41)57(50)39-15-5-2-6-16-39/h1-33H. The molecular weight excluding hydrogens is 707 g/mol. The molecule has 0 spiro atoms. The molecule has 0 aliphatic rings. The highest BCUT2D eigenvalue weighted by Gasteiger charge is 2.18. The van der Waals surface area contributed by atoms with E-state index >= 15 is 0 Å². The molecule has 5 nitrogen and oxygen atoms in total. The van der Waals surface area contributed by atoms with Crippen molar-refractivity contribution < 1.29 is 0 Å². The molecule has 0 aliphatic carbocycles. The van der Waals surface area contributed by atoms with Crippen molar-refractivity contribution >= 4 is 59.9 Å². The summed E-state index contributed by atoms with van der Waals surface area (Å²) in [4.78, 5) is 10.4. The smallest absolute Gasteiger partial charge is 0.161 e. The van der Waals surface area contributed by atoms with E-state index in [1.165, 1.54) is 27.2 Å². The molecule has 12 rings (SSSR count). The van der Waals surface area contributed by atoms with Crippen molar-refractivity contribution in [1.82, 2.24) is 24.1 Å². The molecule has 58 heavy (non-hydrogen) atoms. The largest absolute Gasteiger partial charge is 0.309 e. The van der Waals surface area contributed by atoms with Gasteiger partial charge in [0.25, 0.3) is 0 Å². The first-order valence-corrected chi connectivity index (χ1v) is 19.6. The maximum absolute atomic E-state index is 5.33. The topological polar surface area (TPSA) is 48.0 Å². The van der Waals surface area contributed by atoms with E-state index in [9.17, 15) is 0 Å². The van der Waals surface area contributed by atoms with E-state index in [4.69, 9.17) is 15.1 Å². The Morgan fingerprint density at radius 2 is 0.914 bits per heavy atom. The molecule has 4 aromatic heterocycles. The summed E-state index contributed by atoms with van der Waals surface area (Å²) in [5, 5.41) is 12.1. The minimum atomic E-state index is 0.812. The van der Waals surface area contributed by atoms with Gasteiger partial charge in [0.05, 0.1) is 39.0 Å². The molecule has 270 valence electrons. The van der Waals surface area contributed by atoms with Gasteiger partial charge in [0.1, 0.15) is 0 Å². The molecule has 0 saturated carbocycles. The third-order valence-corrected chi connectivity index (χ3v) is 11.5. The van der Waals surface area contributed by atoms with Crippen LogP contribution in [0.3, 0.4) is 0 Å². The van der Waals surface area contributed by atoms with Crippen molar-refractivity contribution in [2.24, 2.45) is 0 Å². The van der Waals surface area contributed by atoms with E-state index in [0.29, 0.717) is 0 Å². The summed E-state index contributed by atoms with van der Waals surface area (Å²) >= 11 is 0. The molecule has 8 aromatic carbocycles. The summed E-state index contributed by atoms with van der Waals surface area (Å²) < 4.78 is 4.37. The number of benzene rings is 8. The van der Waals surface area contributed by atoms with Gasteiger partial charge < -0.3 is 4.57 Å². The van der Waals surface area contributed by atoms with Crippen LogP contribution in [0.5, 0.6) is 0 Å². The first kappa shape index (κ1) is 32.4. The Kier molecular flexibility index (Phi) is 7.16. The van der Waals surface area contributed by atoms with Crippen molar-refractivity contribution in [1.29, 1.82) is 0 Å². The average molecular weight is 740 g/mol. The molecular formula is C53H33N5. The van der Waals surface area contributed by atoms with Crippen molar-refractivity contribution in [2.45, 2.75) is 0 Å². The second-order valence-corrected chi connectivity index (χ2v) is 14.9. The quantitative estimate of drug-likeness (QED) is 0.165. The molecule has 0 bridgehead atoms. The molecule has 5 heteroatoms. The lowest BCUT2D eigenvalue weighted by Crippen LogP contribution is -1.99. The fraction of sp³-hybridized carbons (Fsp3) is 0. The zero-order valence-corrected chi connectivity index (χ0v) is 31.3. The van der Waals surface area contributed by atoms with Crippen LogP contribution in [-0.2, 0) is 0 Å². The maximum atomic E-state index is 5.33. The summed E-state index contributed by atoms with van der Waals surface area (Å²) in [7, 11) is 0. The Morgan fingerprint density at radius 1 is 0.328 bits per heavy atom. The summed E-state index contributed by atoms with van der Waals surface area (Å²) in [6.45, 7) is 0. The van der Waals surface area contributed by atoms with Crippen molar-refractivity contribution in [2.75, 3.05) is 0 Å². The van der Waals surface area contributed by atoms with Gasteiger partial charge in [0.15, 0.2) is 5.82 Å². The van der Waals surface area contributed by atoms with Gasteiger partial charge in [-0.15, -0.1) is 0 Å². The number of hydrogen-bond acceptors (Lipinski definition) is 3. The van der Waals surface area contributed by atoms with E-state index in [1.54, 1.807) is 0 Å². The van der Waals surface area contributed by atoms with Crippen LogP contribution < -0.4 is 0 Å². The number of para-hydroxylation sites is 4. The minimum Gasteiger partial charge on any atom is -0.309 e. The van der Waals surface area contributed by atoms with Gasteiger partial charge in [-0.1, -0.05) is 152 Å². The first-order valence-electron chi connectivity index (χ1n) is 19.6. The lowest BCUT2D eigenvalue weighted by Gasteiger charge is -2.13. The molecule has 0 N–H and O–H groups in total. The predicted octanol–water partition coefficient (Wildman–Crippen LogP) is 13.3. The molecule has 12 aromatic rings. The van der Waals surface area contributed by atoms with E-state index in [1.807, 2.05) is 28.8 Å². The summed E-state index contributed by atoms with van der Waals surface area (Å²) in [6, 6.07) is 70.8. The van der Waals surface area contributed by atoms with Gasteiger partial charge in [-0.2, -0.15) is 5.10 Å². The van der Waals surface area contributed by atoms with Gasteiger partial charge in [0, 0.05) is 49.3 Å². The van der Waals surface area contributed by atoms with E-state index in [-0.39, 0.29) is 0 Å². The molecule has 0 unspecified atom stereocenters. The lowest BCUT2D eigenvalue weighted by molar-refractivity contribution is 0.949. The summed E-state index contributed by atoms with van der Waals surface area (Å²) in [6.07, 6.45) is 0. The fourth-order valence-electron chi connectivity index (χ4n) is 8.74. The number of nitrogens with zero attached hydrogens (tertiary/aromatic N) is 5. The highest BCUT2D eigenvalue weighted by Crippen LogP contribution is 2.40. The molecule has 0 radical (unpaired) electrons. The first-order chi connectivity index (χ1) is 28.7. The molecule has 4 heterocycles. The number of pyridine rings is 1. The van der Waals surface area contributed by atoms with Crippen LogP contribution in [-0.4, -0.2) is 24.1 Å². The Balaban J connectivity index is 0.962. The Morgan fingerprint density at radius 3 is 1.66 bits per heavy atom. The van der Waals surface area contributed by atoms with Crippen LogP contribution in [0.4, 0.5) is 0 Å². The number of hydrogen-bond donors (Lipinski definition) is 0. The normalized spacial score (nSPS) is 11.8. The molecule has 0 amide bonds. The molecule has 0 saturated heterocycles. The highest BCUT2D eigenvalue weighted by molar-refractivity contribution is 6.20. The van der Waals surface area contributed by atoms with Gasteiger partial charge in [-0.05, 0) is 65.0 Å². The van der Waals surface area contributed by atoms with Crippen molar-refractivity contribution in [3.8, 4) is 50.7 Å². The third-order valence-electron chi connectivity index (χ3n) is 11.5. The van der Waals surface area contributed by atoms with E-state index in [0.717, 1.165) is 83.4 Å². The van der Waals surface area contributed by atoms with E-state index < -0.39 is 0 Å². The van der Waals surface area contributed by atoms with Crippen LogP contribution >= 0.6 is 0 Å². The average Bonchev–Trinajstić information content (AvgIpc) is 3.89. The van der Waals surface area contributed by atoms with Gasteiger partial charge in [0.2, 0.25) is 0 Å². The molecule has 0 aliphatic heterocycles. The molecule has 0 fully saturated rings. The second kappa shape index (κ2) is 12.8. The van der Waals surface area contributed by atoms with Gasteiger partial charge in [-0.25, -0.2) is 14.5 Å². The fourth-order valence-corrected chi connectivity index (χ4v) is 8.74. The highest BCUT2D eigenvalue weighted by atomic mass is 15.3. The Bertz CT molecular complexity index is 3530. The third kappa shape index (κ3) is 5.07. The van der Waals surface area contributed by atoms with Crippen LogP contribution in [0.15, 0.2) is 200 Å². The number of aromatic nitrogens is 5. The van der Waals surface area contributed by atoms with E-state index in [2.05, 4.69) is 180 Å². The van der Waals surface area contributed by atoms with Crippen molar-refractivity contribution in [3.63, 3.8) is 0 Å². The maximum Gasteiger partial charge on any atom is 0.161 e. The number of rotatable bonds is 5. The monoisotopic (exact) mass is 739 g/mol.